The Hall–Kier alpha value is -0.980. The van der Waals surface area contributed by atoms with Crippen molar-refractivity contribution in [1.29, 1.82) is 0 Å². The molecule has 0 N–H and O–H groups in total. The number of carbonyl (C=O) groups is 1. The van der Waals surface area contributed by atoms with Crippen molar-refractivity contribution in [3.05, 3.63) is 16.1 Å². The van der Waals surface area contributed by atoms with Gasteiger partial charge in [0, 0.05) is 38.8 Å². The van der Waals surface area contributed by atoms with E-state index in [-0.39, 0.29) is 5.91 Å². The van der Waals surface area contributed by atoms with Crippen molar-refractivity contribution in [3.63, 3.8) is 0 Å². The summed E-state index contributed by atoms with van der Waals surface area (Å²) in [5, 5.41) is 2.71. The fourth-order valence-electron chi connectivity index (χ4n) is 3.47. The molecule has 0 saturated carbocycles. The first-order valence-electron chi connectivity index (χ1n) is 8.08. The van der Waals surface area contributed by atoms with E-state index in [1.165, 1.54) is 24.2 Å². The molecular formula is C16H24N2O3S. The highest BCUT2D eigenvalue weighted by atomic mass is 32.1. The summed E-state index contributed by atoms with van der Waals surface area (Å²) >= 11 is 1.49. The molecule has 1 aromatic rings. The molecule has 0 radical (unpaired) electrons. The molecule has 2 fully saturated rings. The lowest BCUT2D eigenvalue weighted by Crippen LogP contribution is -2.41. The number of amides is 1. The van der Waals surface area contributed by atoms with E-state index in [0.29, 0.717) is 24.1 Å². The zero-order valence-corrected chi connectivity index (χ0v) is 13.9. The predicted molar refractivity (Wildman–Crippen MR) is 85.0 cm³/mol. The van der Waals surface area contributed by atoms with Crippen LogP contribution in [0.15, 0.2) is 5.38 Å². The predicted octanol–water partition coefficient (Wildman–Crippen LogP) is 2.57. The van der Waals surface area contributed by atoms with Crippen molar-refractivity contribution in [2.24, 2.45) is 11.8 Å². The van der Waals surface area contributed by atoms with Crippen LogP contribution in [-0.4, -0.2) is 49.2 Å². The molecule has 2 saturated heterocycles. The van der Waals surface area contributed by atoms with Gasteiger partial charge in [0.25, 0.3) is 5.91 Å². The van der Waals surface area contributed by atoms with E-state index >= 15 is 0 Å². The first-order chi connectivity index (χ1) is 10.8. The molecule has 3 heterocycles. The monoisotopic (exact) mass is 324 g/mol. The van der Waals surface area contributed by atoms with Gasteiger partial charge in [-0.1, -0.05) is 0 Å². The molecule has 0 spiro atoms. The lowest BCUT2D eigenvalue weighted by Gasteiger charge is -2.37. The highest BCUT2D eigenvalue weighted by Gasteiger charge is 2.30. The van der Waals surface area contributed by atoms with Crippen LogP contribution in [0.1, 0.15) is 41.2 Å². The zero-order valence-electron chi connectivity index (χ0n) is 13.1. The van der Waals surface area contributed by atoms with Crippen molar-refractivity contribution in [2.75, 3.05) is 33.4 Å². The second kappa shape index (κ2) is 7.53. The van der Waals surface area contributed by atoms with Gasteiger partial charge in [0.05, 0.1) is 6.61 Å². The van der Waals surface area contributed by atoms with Crippen LogP contribution in [0.25, 0.3) is 0 Å². The topological polar surface area (TPSA) is 51.7 Å². The third-order valence-corrected chi connectivity index (χ3v) is 5.55. The molecule has 6 heteroatoms. The summed E-state index contributed by atoms with van der Waals surface area (Å²) in [4.78, 5) is 18.8. The minimum absolute atomic E-state index is 0.0666. The van der Waals surface area contributed by atoms with Crippen LogP contribution in [0.3, 0.4) is 0 Å². The minimum atomic E-state index is 0.0666. The highest BCUT2D eigenvalue weighted by molar-refractivity contribution is 7.09. The third-order valence-electron chi connectivity index (χ3n) is 4.73. The van der Waals surface area contributed by atoms with Crippen LogP contribution in [0.5, 0.6) is 0 Å². The Morgan fingerprint density at radius 2 is 2.23 bits per heavy atom. The smallest absolute Gasteiger partial charge is 0.273 e. The van der Waals surface area contributed by atoms with E-state index < -0.39 is 0 Å². The molecule has 1 unspecified atom stereocenters. The number of piperidine rings is 1. The highest BCUT2D eigenvalue weighted by Crippen LogP contribution is 2.31. The van der Waals surface area contributed by atoms with Gasteiger partial charge in [0.15, 0.2) is 0 Å². The van der Waals surface area contributed by atoms with Crippen LogP contribution >= 0.6 is 11.3 Å². The number of aromatic nitrogens is 1. The second-order valence-corrected chi connectivity index (χ2v) is 7.11. The average molecular weight is 324 g/mol. The van der Waals surface area contributed by atoms with Gasteiger partial charge < -0.3 is 14.4 Å². The van der Waals surface area contributed by atoms with Gasteiger partial charge >= 0.3 is 0 Å². The molecule has 1 aromatic heterocycles. The van der Waals surface area contributed by atoms with E-state index in [4.69, 9.17) is 9.47 Å². The summed E-state index contributed by atoms with van der Waals surface area (Å²) in [6, 6.07) is 0. The van der Waals surface area contributed by atoms with E-state index in [9.17, 15) is 4.79 Å². The Morgan fingerprint density at radius 3 is 2.91 bits per heavy atom. The summed E-state index contributed by atoms with van der Waals surface area (Å²) in [6.07, 6.45) is 4.65. The van der Waals surface area contributed by atoms with Crippen molar-refractivity contribution < 1.29 is 14.3 Å². The molecule has 5 nitrogen and oxygen atoms in total. The summed E-state index contributed by atoms with van der Waals surface area (Å²) in [5.74, 6) is 1.47. The van der Waals surface area contributed by atoms with Gasteiger partial charge in [0.1, 0.15) is 10.7 Å². The summed E-state index contributed by atoms with van der Waals surface area (Å²) in [5.41, 5.74) is 0.566. The van der Waals surface area contributed by atoms with Gasteiger partial charge in [-0.15, -0.1) is 11.3 Å². The number of hydrogen-bond acceptors (Lipinski definition) is 5. The van der Waals surface area contributed by atoms with E-state index in [1.807, 2.05) is 10.3 Å². The number of hydrogen-bond donors (Lipinski definition) is 0. The fourth-order valence-corrected chi connectivity index (χ4v) is 4.21. The summed E-state index contributed by atoms with van der Waals surface area (Å²) in [6.45, 7) is 3.99. The van der Waals surface area contributed by atoms with Crippen molar-refractivity contribution >= 4 is 17.2 Å². The Balaban J connectivity index is 1.52. The largest absolute Gasteiger partial charge is 0.381 e. The van der Waals surface area contributed by atoms with Crippen molar-refractivity contribution in [3.8, 4) is 0 Å². The van der Waals surface area contributed by atoms with Gasteiger partial charge in [0.2, 0.25) is 0 Å². The first-order valence-corrected chi connectivity index (χ1v) is 8.96. The summed E-state index contributed by atoms with van der Waals surface area (Å²) in [7, 11) is 1.64. The minimum Gasteiger partial charge on any atom is -0.381 e. The maximum atomic E-state index is 12.5. The number of nitrogens with zero attached hydrogens (tertiary/aromatic N) is 2. The molecule has 122 valence electrons. The molecule has 2 aliphatic rings. The normalized spacial score (nSPS) is 23.7. The van der Waals surface area contributed by atoms with Gasteiger partial charge in [-0.3, -0.25) is 4.79 Å². The number of thiazole rings is 1. The average Bonchev–Trinajstić information content (AvgIpc) is 3.04. The van der Waals surface area contributed by atoms with Crippen molar-refractivity contribution in [1.82, 2.24) is 9.88 Å². The molecule has 0 aromatic carbocycles. The van der Waals surface area contributed by atoms with Crippen LogP contribution in [0, 0.1) is 11.8 Å². The lowest BCUT2D eigenvalue weighted by atomic mass is 9.81. The molecule has 2 aliphatic heterocycles. The van der Waals surface area contributed by atoms with E-state index in [0.717, 1.165) is 44.2 Å². The standard InChI is InChI=1S/C16H24N2O3S/c1-20-10-15-17-14(11-22-15)16(19)18-6-4-12(5-7-18)13-3-2-8-21-9-13/h11-13H,2-10H2,1H3. The molecule has 22 heavy (non-hydrogen) atoms. The quantitative estimate of drug-likeness (QED) is 0.854. The lowest BCUT2D eigenvalue weighted by molar-refractivity contribution is 0.0139. The van der Waals surface area contributed by atoms with Crippen LogP contribution in [-0.2, 0) is 16.1 Å². The number of rotatable bonds is 4. The number of likely N-dealkylation sites (tertiary alicyclic amines) is 1. The van der Waals surface area contributed by atoms with E-state index in [1.54, 1.807) is 7.11 Å². The van der Waals surface area contributed by atoms with Crippen LogP contribution < -0.4 is 0 Å². The molecule has 1 atom stereocenters. The second-order valence-electron chi connectivity index (χ2n) is 6.17. The zero-order chi connectivity index (χ0) is 15.4. The van der Waals surface area contributed by atoms with Gasteiger partial charge in [-0.25, -0.2) is 4.98 Å². The number of methoxy groups -OCH3 is 1. The summed E-state index contributed by atoms with van der Waals surface area (Å²) < 4.78 is 10.7. The molecule has 0 aliphatic carbocycles. The van der Waals surface area contributed by atoms with Gasteiger partial charge in [-0.05, 0) is 37.5 Å². The number of ether oxygens (including phenoxy) is 2. The van der Waals surface area contributed by atoms with Crippen molar-refractivity contribution in [2.45, 2.75) is 32.3 Å². The molecule has 0 bridgehead atoms. The van der Waals surface area contributed by atoms with Gasteiger partial charge in [-0.2, -0.15) is 0 Å². The molecule has 3 rings (SSSR count). The Bertz CT molecular complexity index is 491. The Labute approximate surface area is 135 Å². The van der Waals surface area contributed by atoms with Crippen LogP contribution in [0.2, 0.25) is 0 Å². The third kappa shape index (κ3) is 3.67. The van der Waals surface area contributed by atoms with Crippen LogP contribution in [0.4, 0.5) is 0 Å². The maximum absolute atomic E-state index is 12.5. The Morgan fingerprint density at radius 1 is 1.41 bits per heavy atom. The van der Waals surface area contributed by atoms with E-state index in [2.05, 4.69) is 4.98 Å². The Kier molecular flexibility index (Phi) is 5.44. The maximum Gasteiger partial charge on any atom is 0.273 e. The molecular weight excluding hydrogens is 300 g/mol. The fraction of sp³-hybridized carbons (Fsp3) is 0.750. The SMILES string of the molecule is COCc1nc(C(=O)N2CCC(C3CCCOC3)CC2)cs1. The molecule has 1 amide bonds. The first kappa shape index (κ1) is 15.9. The number of carbonyl (C=O) groups excluding carboxylic acids is 1.